The molecule has 0 saturated carbocycles. The standard InChI is InChI=1S/C19H19N3O4S/c1-22(11-13-7-8-14-15(10-13)25-12-24-14)18(23)6-2-5-17-20-19(21-26-17)16-4-3-9-27-16/h3-4,7-10H,2,5-6,11-12H2,1H3. The van der Waals surface area contributed by atoms with Crippen LogP contribution in [-0.2, 0) is 17.8 Å². The molecule has 27 heavy (non-hydrogen) atoms. The Morgan fingerprint density at radius 1 is 1.26 bits per heavy atom. The van der Waals surface area contributed by atoms with E-state index in [0.29, 0.717) is 37.5 Å². The molecule has 140 valence electrons. The smallest absolute Gasteiger partial charge is 0.231 e. The van der Waals surface area contributed by atoms with E-state index in [4.69, 9.17) is 14.0 Å². The second kappa shape index (κ2) is 7.79. The van der Waals surface area contributed by atoms with Crippen molar-refractivity contribution in [2.75, 3.05) is 13.8 Å². The van der Waals surface area contributed by atoms with Crippen LogP contribution in [0.25, 0.3) is 10.7 Å². The van der Waals surface area contributed by atoms with Crippen molar-refractivity contribution in [1.29, 1.82) is 0 Å². The molecule has 2 aromatic heterocycles. The highest BCUT2D eigenvalue weighted by atomic mass is 32.1. The lowest BCUT2D eigenvalue weighted by Gasteiger charge is -2.17. The van der Waals surface area contributed by atoms with E-state index in [-0.39, 0.29) is 12.7 Å². The van der Waals surface area contributed by atoms with E-state index in [0.717, 1.165) is 21.9 Å². The maximum atomic E-state index is 12.4. The van der Waals surface area contributed by atoms with Crippen LogP contribution in [0.3, 0.4) is 0 Å². The fourth-order valence-corrected chi connectivity index (χ4v) is 3.49. The van der Waals surface area contributed by atoms with Gasteiger partial charge in [0, 0.05) is 26.4 Å². The largest absolute Gasteiger partial charge is 0.454 e. The number of benzene rings is 1. The molecule has 1 amide bonds. The van der Waals surface area contributed by atoms with Crippen molar-refractivity contribution in [3.8, 4) is 22.2 Å². The molecular weight excluding hydrogens is 366 g/mol. The molecule has 1 aliphatic rings. The average molecular weight is 385 g/mol. The van der Waals surface area contributed by atoms with Gasteiger partial charge in [-0.3, -0.25) is 4.79 Å². The number of rotatable bonds is 7. The topological polar surface area (TPSA) is 77.7 Å². The van der Waals surface area contributed by atoms with Crippen molar-refractivity contribution in [2.24, 2.45) is 0 Å². The molecule has 0 aliphatic carbocycles. The highest BCUT2D eigenvalue weighted by Crippen LogP contribution is 2.32. The third kappa shape index (κ3) is 4.11. The van der Waals surface area contributed by atoms with Gasteiger partial charge in [-0.25, -0.2) is 0 Å². The molecule has 0 bridgehead atoms. The third-order valence-corrected chi connectivity index (χ3v) is 5.14. The van der Waals surface area contributed by atoms with Gasteiger partial charge in [-0.2, -0.15) is 4.98 Å². The van der Waals surface area contributed by atoms with E-state index in [9.17, 15) is 4.79 Å². The van der Waals surface area contributed by atoms with Crippen LogP contribution in [-0.4, -0.2) is 34.8 Å². The van der Waals surface area contributed by atoms with Crippen LogP contribution in [0.2, 0.25) is 0 Å². The van der Waals surface area contributed by atoms with Crippen LogP contribution in [0.4, 0.5) is 0 Å². The molecule has 0 fully saturated rings. The summed E-state index contributed by atoms with van der Waals surface area (Å²) in [5, 5.41) is 5.96. The zero-order valence-electron chi connectivity index (χ0n) is 14.9. The van der Waals surface area contributed by atoms with Crippen molar-refractivity contribution < 1.29 is 18.8 Å². The van der Waals surface area contributed by atoms with Gasteiger partial charge in [0.1, 0.15) is 0 Å². The molecule has 0 radical (unpaired) electrons. The van der Waals surface area contributed by atoms with Crippen LogP contribution in [0.5, 0.6) is 11.5 Å². The van der Waals surface area contributed by atoms with Gasteiger partial charge in [-0.05, 0) is 35.6 Å². The molecule has 3 heterocycles. The first-order valence-electron chi connectivity index (χ1n) is 8.68. The van der Waals surface area contributed by atoms with Gasteiger partial charge in [-0.15, -0.1) is 11.3 Å². The van der Waals surface area contributed by atoms with E-state index >= 15 is 0 Å². The van der Waals surface area contributed by atoms with Gasteiger partial charge in [-0.1, -0.05) is 17.3 Å². The minimum Gasteiger partial charge on any atom is -0.454 e. The zero-order valence-corrected chi connectivity index (χ0v) is 15.7. The van der Waals surface area contributed by atoms with Gasteiger partial charge in [0.05, 0.1) is 4.88 Å². The Morgan fingerprint density at radius 3 is 3.00 bits per heavy atom. The number of ether oxygens (including phenoxy) is 2. The predicted octanol–water partition coefficient (Wildman–Crippen LogP) is 3.51. The first-order valence-corrected chi connectivity index (χ1v) is 9.56. The first-order chi connectivity index (χ1) is 13.2. The minimum atomic E-state index is 0.0747. The molecule has 0 spiro atoms. The lowest BCUT2D eigenvalue weighted by molar-refractivity contribution is -0.130. The summed E-state index contributed by atoms with van der Waals surface area (Å²) >= 11 is 1.57. The molecule has 1 aromatic carbocycles. The van der Waals surface area contributed by atoms with Crippen molar-refractivity contribution in [1.82, 2.24) is 15.0 Å². The molecule has 0 N–H and O–H groups in total. The second-order valence-corrected chi connectivity index (χ2v) is 7.23. The van der Waals surface area contributed by atoms with Crippen molar-refractivity contribution in [2.45, 2.75) is 25.8 Å². The molecular formula is C19H19N3O4S. The second-order valence-electron chi connectivity index (χ2n) is 6.28. The van der Waals surface area contributed by atoms with E-state index in [1.165, 1.54) is 0 Å². The van der Waals surface area contributed by atoms with Crippen LogP contribution >= 0.6 is 11.3 Å². The molecule has 4 rings (SSSR count). The predicted molar refractivity (Wildman–Crippen MR) is 99.6 cm³/mol. The maximum absolute atomic E-state index is 12.4. The Kier molecular flexibility index (Phi) is 5.06. The quantitative estimate of drug-likeness (QED) is 0.619. The Morgan fingerprint density at radius 2 is 2.15 bits per heavy atom. The van der Waals surface area contributed by atoms with E-state index in [1.54, 1.807) is 23.3 Å². The number of nitrogens with zero attached hydrogens (tertiary/aromatic N) is 3. The number of carbonyl (C=O) groups is 1. The fourth-order valence-electron chi connectivity index (χ4n) is 2.85. The first kappa shape index (κ1) is 17.5. The molecule has 0 saturated heterocycles. The Balaban J connectivity index is 1.25. The number of hydrogen-bond donors (Lipinski definition) is 0. The number of amides is 1. The normalized spacial score (nSPS) is 12.3. The number of hydrogen-bond acceptors (Lipinski definition) is 7. The van der Waals surface area contributed by atoms with Crippen molar-refractivity contribution in [3.63, 3.8) is 0 Å². The lowest BCUT2D eigenvalue weighted by atomic mass is 10.1. The van der Waals surface area contributed by atoms with Crippen LogP contribution in [0.1, 0.15) is 24.3 Å². The number of thiophene rings is 1. The van der Waals surface area contributed by atoms with E-state index in [2.05, 4.69) is 10.1 Å². The van der Waals surface area contributed by atoms with Crippen LogP contribution in [0, 0.1) is 0 Å². The van der Waals surface area contributed by atoms with Crippen LogP contribution < -0.4 is 9.47 Å². The molecule has 7 nitrogen and oxygen atoms in total. The van der Waals surface area contributed by atoms with Crippen molar-refractivity contribution >= 4 is 17.2 Å². The minimum absolute atomic E-state index is 0.0747. The van der Waals surface area contributed by atoms with E-state index < -0.39 is 0 Å². The van der Waals surface area contributed by atoms with Gasteiger partial charge < -0.3 is 18.9 Å². The summed E-state index contributed by atoms with van der Waals surface area (Å²) in [4.78, 5) is 19.4. The average Bonchev–Trinajstić information content (AvgIpc) is 3.41. The van der Waals surface area contributed by atoms with Gasteiger partial charge in [0.25, 0.3) is 0 Å². The summed E-state index contributed by atoms with van der Waals surface area (Å²) < 4.78 is 15.9. The third-order valence-electron chi connectivity index (χ3n) is 4.27. The molecule has 0 unspecified atom stereocenters. The monoisotopic (exact) mass is 385 g/mol. The van der Waals surface area contributed by atoms with Crippen molar-refractivity contribution in [3.05, 3.63) is 47.2 Å². The Bertz CT molecular complexity index is 923. The van der Waals surface area contributed by atoms with E-state index in [1.807, 2.05) is 35.7 Å². The summed E-state index contributed by atoms with van der Waals surface area (Å²) in [5.74, 6) is 2.71. The van der Waals surface area contributed by atoms with Gasteiger partial charge >= 0.3 is 0 Å². The van der Waals surface area contributed by atoms with Gasteiger partial charge in [0.2, 0.25) is 24.4 Å². The number of fused-ring (bicyclic) bond motifs is 1. The molecule has 0 atom stereocenters. The summed E-state index contributed by atoms with van der Waals surface area (Å²) in [6.45, 7) is 0.774. The molecule has 8 heteroatoms. The fraction of sp³-hybridized carbons (Fsp3) is 0.316. The number of aryl methyl sites for hydroxylation is 1. The number of aromatic nitrogens is 2. The SMILES string of the molecule is CN(Cc1ccc2c(c1)OCO2)C(=O)CCCc1nc(-c2cccs2)no1. The van der Waals surface area contributed by atoms with Crippen LogP contribution in [0.15, 0.2) is 40.2 Å². The molecule has 3 aromatic rings. The summed E-state index contributed by atoms with van der Waals surface area (Å²) in [6.07, 6.45) is 1.68. The highest BCUT2D eigenvalue weighted by Gasteiger charge is 2.16. The Labute approximate surface area is 160 Å². The zero-order chi connectivity index (χ0) is 18.6. The highest BCUT2D eigenvalue weighted by molar-refractivity contribution is 7.13. The molecule has 1 aliphatic heterocycles. The summed E-state index contributed by atoms with van der Waals surface area (Å²) in [7, 11) is 1.80. The van der Waals surface area contributed by atoms with Gasteiger partial charge in [0.15, 0.2) is 11.5 Å². The lowest BCUT2D eigenvalue weighted by Crippen LogP contribution is -2.25. The summed E-state index contributed by atoms with van der Waals surface area (Å²) in [5.41, 5.74) is 1.01. The maximum Gasteiger partial charge on any atom is 0.231 e. The summed E-state index contributed by atoms with van der Waals surface area (Å²) in [6, 6.07) is 9.63. The Hall–Kier alpha value is -2.87. The number of carbonyl (C=O) groups excluding carboxylic acids is 1.